The van der Waals surface area contributed by atoms with Gasteiger partial charge in [-0.05, 0) is 37.1 Å². The zero-order valence-electron chi connectivity index (χ0n) is 11.5. The van der Waals surface area contributed by atoms with Crippen LogP contribution < -0.4 is 0 Å². The fraction of sp³-hybridized carbons (Fsp3) is 0.462. The minimum absolute atomic E-state index is 0.136. The van der Waals surface area contributed by atoms with Crippen LogP contribution in [0.1, 0.15) is 26.7 Å². The summed E-state index contributed by atoms with van der Waals surface area (Å²) in [4.78, 5) is 11.3. The van der Waals surface area contributed by atoms with E-state index in [1.165, 1.54) is 12.1 Å². The lowest BCUT2D eigenvalue weighted by molar-refractivity contribution is -0.169. The predicted molar refractivity (Wildman–Crippen MR) is 78.4 cm³/mol. The van der Waals surface area contributed by atoms with E-state index in [1.54, 1.807) is 26.0 Å². The van der Waals surface area contributed by atoms with Gasteiger partial charge in [-0.2, -0.15) is 13.2 Å². The molecule has 0 aliphatic heterocycles. The van der Waals surface area contributed by atoms with Gasteiger partial charge in [0.05, 0.1) is 9.73 Å². The summed E-state index contributed by atoms with van der Waals surface area (Å²) < 4.78 is 54.1. The van der Waals surface area contributed by atoms with E-state index in [1.807, 2.05) is 0 Å². The van der Waals surface area contributed by atoms with Crippen molar-refractivity contribution in [2.75, 3.05) is 0 Å². The smallest absolute Gasteiger partial charge is 0.261 e. The maximum absolute atomic E-state index is 13.0. The maximum Gasteiger partial charge on any atom is 0.474 e. The summed E-state index contributed by atoms with van der Waals surface area (Å²) in [7, 11) is -3.47. The van der Waals surface area contributed by atoms with Gasteiger partial charge >= 0.3 is 12.1 Å². The average Bonchev–Trinajstić information content (AvgIpc) is 2.39. The highest BCUT2D eigenvalue weighted by atomic mass is 79.9. The van der Waals surface area contributed by atoms with Crippen molar-refractivity contribution in [3.05, 3.63) is 28.7 Å². The van der Waals surface area contributed by atoms with Gasteiger partial charge in [0.1, 0.15) is 0 Å². The Kier molecular flexibility index (Phi) is 5.98. The van der Waals surface area contributed by atoms with Gasteiger partial charge in [0.2, 0.25) is 0 Å². The Morgan fingerprint density at radius 3 is 2.10 bits per heavy atom. The Balaban J connectivity index is 3.51. The van der Waals surface area contributed by atoms with Gasteiger partial charge in [-0.15, -0.1) is 4.36 Å². The van der Waals surface area contributed by atoms with Crippen molar-refractivity contribution in [3.8, 4) is 0 Å². The van der Waals surface area contributed by atoms with E-state index in [9.17, 15) is 22.2 Å². The number of halogens is 4. The number of benzene rings is 1. The second kappa shape index (κ2) is 6.91. The topological polar surface area (TPSA) is 46.5 Å². The molecule has 0 N–H and O–H groups in total. The normalized spacial score (nSPS) is 14.8. The second-order valence-electron chi connectivity index (χ2n) is 4.36. The number of nitrogens with zero attached hydrogens (tertiary/aromatic N) is 1. The summed E-state index contributed by atoms with van der Waals surface area (Å²) in [5, 5.41) is -0.620. The molecule has 0 aromatic heterocycles. The van der Waals surface area contributed by atoms with E-state index in [0.29, 0.717) is 17.3 Å². The third-order valence-corrected chi connectivity index (χ3v) is 6.46. The number of alkyl halides is 3. The lowest BCUT2D eigenvalue weighted by Crippen LogP contribution is -2.26. The third kappa shape index (κ3) is 4.29. The summed E-state index contributed by atoms with van der Waals surface area (Å²) in [6.07, 6.45) is -4.40. The van der Waals surface area contributed by atoms with Gasteiger partial charge < -0.3 is 0 Å². The third-order valence-electron chi connectivity index (χ3n) is 2.97. The minimum atomic E-state index is -5.12. The Morgan fingerprint density at radius 1 is 1.24 bits per heavy atom. The molecule has 0 radical (unpaired) electrons. The van der Waals surface area contributed by atoms with Crippen molar-refractivity contribution in [1.82, 2.24) is 0 Å². The molecule has 0 aliphatic rings. The van der Waals surface area contributed by atoms with Gasteiger partial charge in [-0.3, -0.25) is 4.79 Å². The Labute approximate surface area is 130 Å². The maximum atomic E-state index is 13.0. The molecule has 1 atom stereocenters. The summed E-state index contributed by atoms with van der Waals surface area (Å²) in [5.41, 5.74) is 0. The van der Waals surface area contributed by atoms with Crippen molar-refractivity contribution < 1.29 is 22.2 Å². The lowest BCUT2D eigenvalue weighted by atomic mass is 10.3. The number of hydrogen-bond acceptors (Lipinski definition) is 2. The first kappa shape index (κ1) is 18.2. The molecular formula is C13H15BrF3NO2S. The molecule has 1 rings (SSSR count). The fourth-order valence-electron chi connectivity index (χ4n) is 1.86. The van der Waals surface area contributed by atoms with E-state index in [0.717, 1.165) is 0 Å². The zero-order valence-corrected chi connectivity index (χ0v) is 13.9. The molecule has 0 bridgehead atoms. The van der Waals surface area contributed by atoms with Crippen LogP contribution >= 0.6 is 15.9 Å². The molecule has 8 heteroatoms. The molecule has 0 fully saturated rings. The van der Waals surface area contributed by atoms with E-state index >= 15 is 0 Å². The summed E-state index contributed by atoms with van der Waals surface area (Å²) in [6, 6.07) is 5.98. The molecular weight excluding hydrogens is 371 g/mol. The molecule has 21 heavy (non-hydrogen) atoms. The summed E-state index contributed by atoms with van der Waals surface area (Å²) in [5.74, 6) is -2.30. The van der Waals surface area contributed by atoms with Crippen LogP contribution in [-0.2, 0) is 14.5 Å². The van der Waals surface area contributed by atoms with Gasteiger partial charge in [-0.1, -0.05) is 29.8 Å². The highest BCUT2D eigenvalue weighted by molar-refractivity contribution is 9.10. The molecule has 1 unspecified atom stereocenters. The number of hydrogen-bond donors (Lipinski definition) is 0. The van der Waals surface area contributed by atoms with Crippen LogP contribution in [0.5, 0.6) is 0 Å². The van der Waals surface area contributed by atoms with Crippen LogP contribution in [-0.4, -0.2) is 21.5 Å². The quantitative estimate of drug-likeness (QED) is 0.762. The molecule has 1 amide bonds. The SMILES string of the molecule is CCC(CC)S(=O)(=NC(=O)C(F)(F)F)c1ccc(Br)cc1. The molecule has 0 heterocycles. The van der Waals surface area contributed by atoms with Crippen LogP contribution in [0.2, 0.25) is 0 Å². The second-order valence-corrected chi connectivity index (χ2v) is 7.73. The minimum Gasteiger partial charge on any atom is -0.261 e. The molecule has 1 aromatic rings. The Bertz CT molecular complexity index is 615. The van der Waals surface area contributed by atoms with Crippen LogP contribution in [0.15, 0.2) is 38.0 Å². The van der Waals surface area contributed by atoms with Gasteiger partial charge in [0.15, 0.2) is 0 Å². The molecule has 0 saturated heterocycles. The molecule has 0 spiro atoms. The van der Waals surface area contributed by atoms with Gasteiger partial charge in [0.25, 0.3) is 0 Å². The monoisotopic (exact) mass is 385 g/mol. The number of amides is 1. The fourth-order valence-corrected chi connectivity index (χ4v) is 4.55. The van der Waals surface area contributed by atoms with E-state index in [2.05, 4.69) is 20.3 Å². The van der Waals surface area contributed by atoms with Crippen LogP contribution in [0.4, 0.5) is 13.2 Å². The summed E-state index contributed by atoms with van der Waals surface area (Å²) >= 11 is 3.20. The Morgan fingerprint density at radius 2 is 1.71 bits per heavy atom. The molecule has 1 aromatic carbocycles. The first-order valence-electron chi connectivity index (χ1n) is 6.27. The number of carbonyl (C=O) groups excluding carboxylic acids is 1. The predicted octanol–water partition coefficient (Wildman–Crippen LogP) is 4.55. The Hall–Kier alpha value is -0.890. The van der Waals surface area contributed by atoms with Crippen LogP contribution in [0.3, 0.4) is 0 Å². The highest BCUT2D eigenvalue weighted by Crippen LogP contribution is 2.27. The van der Waals surface area contributed by atoms with E-state index in [-0.39, 0.29) is 4.90 Å². The van der Waals surface area contributed by atoms with Gasteiger partial charge in [0, 0.05) is 14.6 Å². The van der Waals surface area contributed by atoms with Crippen LogP contribution in [0.25, 0.3) is 0 Å². The summed E-state index contributed by atoms with van der Waals surface area (Å²) in [6.45, 7) is 3.42. The molecule has 0 saturated carbocycles. The largest absolute Gasteiger partial charge is 0.474 e. The number of carbonyl (C=O) groups is 1. The standard InChI is InChI=1S/C13H15BrF3NO2S/c1-3-10(4-2)21(20,18-12(19)13(15,16)17)11-7-5-9(14)6-8-11/h5-8,10H,3-4H2,1-2H3. The first-order valence-corrected chi connectivity index (χ1v) is 8.65. The highest BCUT2D eigenvalue weighted by Gasteiger charge is 2.40. The van der Waals surface area contributed by atoms with Crippen molar-refractivity contribution in [2.24, 2.45) is 4.36 Å². The lowest BCUT2D eigenvalue weighted by Gasteiger charge is -2.19. The number of rotatable bonds is 4. The van der Waals surface area contributed by atoms with Crippen molar-refractivity contribution in [3.63, 3.8) is 0 Å². The van der Waals surface area contributed by atoms with Crippen molar-refractivity contribution in [1.29, 1.82) is 0 Å². The van der Waals surface area contributed by atoms with Crippen molar-refractivity contribution >= 4 is 31.6 Å². The van der Waals surface area contributed by atoms with Crippen LogP contribution in [0, 0.1) is 0 Å². The van der Waals surface area contributed by atoms with E-state index < -0.39 is 27.1 Å². The van der Waals surface area contributed by atoms with Crippen molar-refractivity contribution in [2.45, 2.75) is 43.0 Å². The molecule has 3 nitrogen and oxygen atoms in total. The molecule has 118 valence electrons. The van der Waals surface area contributed by atoms with E-state index in [4.69, 9.17) is 0 Å². The van der Waals surface area contributed by atoms with Gasteiger partial charge in [-0.25, -0.2) is 4.21 Å². The first-order chi connectivity index (χ1) is 9.65. The average molecular weight is 386 g/mol. The zero-order chi connectivity index (χ0) is 16.3. The molecule has 0 aliphatic carbocycles.